The molecule has 1 aliphatic rings. The Hall–Kier alpha value is -1.02. The molecule has 6 heteroatoms. The summed E-state index contributed by atoms with van der Waals surface area (Å²) in [6, 6.07) is 8.69. The number of piperidine rings is 1. The van der Waals surface area contributed by atoms with Crippen LogP contribution >= 0.6 is 24.0 Å². The third-order valence-corrected chi connectivity index (χ3v) is 4.23. The average molecular weight is 446 g/mol. The monoisotopic (exact) mass is 446 g/mol. The Bertz CT molecular complexity index is 496. The van der Waals surface area contributed by atoms with Crippen LogP contribution in [0.2, 0.25) is 0 Å². The van der Waals surface area contributed by atoms with Crippen molar-refractivity contribution in [3.63, 3.8) is 0 Å². The summed E-state index contributed by atoms with van der Waals surface area (Å²) in [6.45, 7) is 8.24. The van der Waals surface area contributed by atoms with Crippen LogP contribution in [0.25, 0.3) is 0 Å². The molecule has 0 atom stereocenters. The van der Waals surface area contributed by atoms with E-state index in [4.69, 9.17) is 10.5 Å². The van der Waals surface area contributed by atoms with Crippen molar-refractivity contribution in [2.45, 2.75) is 39.3 Å². The summed E-state index contributed by atoms with van der Waals surface area (Å²) in [7, 11) is 1.70. The van der Waals surface area contributed by atoms with Crippen LogP contribution in [0.1, 0.15) is 32.3 Å². The molecule has 1 heterocycles. The highest BCUT2D eigenvalue weighted by molar-refractivity contribution is 14.0. The Labute approximate surface area is 163 Å². The molecule has 1 aromatic carbocycles. The lowest BCUT2D eigenvalue weighted by atomic mass is 9.96. The Balaban J connectivity index is 0.00000288. The van der Waals surface area contributed by atoms with Gasteiger partial charge < -0.3 is 15.8 Å². The van der Waals surface area contributed by atoms with Crippen molar-refractivity contribution in [2.24, 2.45) is 16.6 Å². The number of benzene rings is 1. The van der Waals surface area contributed by atoms with Gasteiger partial charge in [-0.15, -0.1) is 24.0 Å². The molecule has 0 amide bonds. The van der Waals surface area contributed by atoms with E-state index in [1.165, 1.54) is 18.4 Å². The van der Waals surface area contributed by atoms with Gasteiger partial charge in [0.05, 0.1) is 7.11 Å². The van der Waals surface area contributed by atoms with E-state index in [2.05, 4.69) is 41.2 Å². The van der Waals surface area contributed by atoms with E-state index < -0.39 is 0 Å². The van der Waals surface area contributed by atoms with E-state index in [0.717, 1.165) is 31.9 Å². The van der Waals surface area contributed by atoms with E-state index in [1.807, 2.05) is 12.1 Å². The quantitative estimate of drug-likeness (QED) is 0.401. The smallest absolute Gasteiger partial charge is 0.188 e. The molecule has 0 unspecified atom stereocenters. The first-order chi connectivity index (χ1) is 11.1. The van der Waals surface area contributed by atoms with Gasteiger partial charge in [0.2, 0.25) is 0 Å². The standard InChI is InChI=1S/C18H30N4O.HI/c1-14(2)21-18(19)20-12-15-8-10-22(11-9-15)13-16-4-6-17(23-3)7-5-16;/h4-7,14-15H,8-13H2,1-3H3,(H3,19,20,21);1H. The predicted molar refractivity (Wildman–Crippen MR) is 111 cm³/mol. The SMILES string of the molecule is COc1ccc(CN2CCC(CN=C(N)NC(C)C)CC2)cc1.I. The van der Waals surface area contributed by atoms with E-state index >= 15 is 0 Å². The number of hydrogen-bond donors (Lipinski definition) is 2. The summed E-state index contributed by atoms with van der Waals surface area (Å²) in [4.78, 5) is 6.98. The van der Waals surface area contributed by atoms with Gasteiger partial charge in [0.25, 0.3) is 0 Å². The number of halogens is 1. The molecule has 5 nitrogen and oxygen atoms in total. The zero-order valence-electron chi connectivity index (χ0n) is 15.0. The highest BCUT2D eigenvalue weighted by atomic mass is 127. The second-order valence-corrected chi connectivity index (χ2v) is 6.59. The number of nitrogens with zero attached hydrogens (tertiary/aromatic N) is 2. The fraction of sp³-hybridized carbons (Fsp3) is 0.611. The fourth-order valence-electron chi connectivity index (χ4n) is 2.89. The normalized spacial score (nSPS) is 16.8. The van der Waals surface area contributed by atoms with Crippen LogP contribution in [0.15, 0.2) is 29.3 Å². The van der Waals surface area contributed by atoms with Crippen LogP contribution in [-0.4, -0.2) is 43.6 Å². The first-order valence-corrected chi connectivity index (χ1v) is 8.48. The van der Waals surface area contributed by atoms with Crippen molar-refractivity contribution < 1.29 is 4.74 Å². The summed E-state index contributed by atoms with van der Waals surface area (Å²) < 4.78 is 5.20. The number of likely N-dealkylation sites (tertiary alicyclic amines) is 1. The molecule has 1 saturated heterocycles. The zero-order valence-corrected chi connectivity index (χ0v) is 17.3. The van der Waals surface area contributed by atoms with Gasteiger partial charge in [-0.05, 0) is 63.4 Å². The lowest BCUT2D eigenvalue weighted by Gasteiger charge is -2.31. The molecule has 0 bridgehead atoms. The van der Waals surface area contributed by atoms with Crippen LogP contribution < -0.4 is 15.8 Å². The summed E-state index contributed by atoms with van der Waals surface area (Å²) in [5, 5.41) is 3.14. The van der Waals surface area contributed by atoms with Crippen molar-refractivity contribution in [3.05, 3.63) is 29.8 Å². The molecule has 1 fully saturated rings. The average Bonchev–Trinajstić information content (AvgIpc) is 2.54. The van der Waals surface area contributed by atoms with Crippen molar-refractivity contribution >= 4 is 29.9 Å². The Morgan fingerprint density at radius 3 is 2.46 bits per heavy atom. The Morgan fingerprint density at radius 1 is 1.29 bits per heavy atom. The second-order valence-electron chi connectivity index (χ2n) is 6.59. The number of guanidine groups is 1. The van der Waals surface area contributed by atoms with Gasteiger partial charge in [0, 0.05) is 19.1 Å². The van der Waals surface area contributed by atoms with Gasteiger partial charge >= 0.3 is 0 Å². The van der Waals surface area contributed by atoms with Gasteiger partial charge in [0.15, 0.2) is 5.96 Å². The number of ether oxygens (including phenoxy) is 1. The number of nitrogens with one attached hydrogen (secondary N) is 1. The second kappa shape index (κ2) is 10.8. The summed E-state index contributed by atoms with van der Waals surface area (Å²) in [5.74, 6) is 2.13. The van der Waals surface area contributed by atoms with Gasteiger partial charge in [-0.2, -0.15) is 0 Å². The van der Waals surface area contributed by atoms with Crippen molar-refractivity contribution in [3.8, 4) is 5.75 Å². The topological polar surface area (TPSA) is 62.9 Å². The maximum absolute atomic E-state index is 5.86. The lowest BCUT2D eigenvalue weighted by molar-refractivity contribution is 0.180. The van der Waals surface area contributed by atoms with Gasteiger partial charge in [0.1, 0.15) is 5.75 Å². The van der Waals surface area contributed by atoms with Crippen LogP contribution in [0.3, 0.4) is 0 Å². The number of methoxy groups -OCH3 is 1. The van der Waals surface area contributed by atoms with Crippen molar-refractivity contribution in [2.75, 3.05) is 26.7 Å². The molecular weight excluding hydrogens is 415 g/mol. The van der Waals surface area contributed by atoms with Crippen molar-refractivity contribution in [1.29, 1.82) is 0 Å². The first-order valence-electron chi connectivity index (χ1n) is 8.48. The molecular formula is C18H31IN4O. The molecule has 0 aromatic heterocycles. The van der Waals surface area contributed by atoms with Gasteiger partial charge in [-0.25, -0.2) is 0 Å². The van der Waals surface area contributed by atoms with Crippen LogP contribution in [0.5, 0.6) is 5.75 Å². The molecule has 0 radical (unpaired) electrons. The molecule has 0 spiro atoms. The minimum absolute atomic E-state index is 0. The summed E-state index contributed by atoms with van der Waals surface area (Å²) >= 11 is 0. The zero-order chi connectivity index (χ0) is 16.7. The number of nitrogens with two attached hydrogens (primary N) is 1. The number of hydrogen-bond acceptors (Lipinski definition) is 3. The summed E-state index contributed by atoms with van der Waals surface area (Å²) in [6.07, 6.45) is 2.38. The predicted octanol–water partition coefficient (Wildman–Crippen LogP) is 2.84. The molecule has 24 heavy (non-hydrogen) atoms. The third kappa shape index (κ3) is 7.25. The fourth-order valence-corrected chi connectivity index (χ4v) is 2.89. The number of rotatable bonds is 6. The molecule has 3 N–H and O–H groups in total. The van der Waals surface area contributed by atoms with Crippen LogP contribution in [0.4, 0.5) is 0 Å². The van der Waals surface area contributed by atoms with Gasteiger partial charge in [-0.3, -0.25) is 9.89 Å². The summed E-state index contributed by atoms with van der Waals surface area (Å²) in [5.41, 5.74) is 7.20. The largest absolute Gasteiger partial charge is 0.497 e. The molecule has 1 aliphatic heterocycles. The first kappa shape index (κ1) is 21.0. The molecule has 0 aliphatic carbocycles. The van der Waals surface area contributed by atoms with Crippen LogP contribution in [-0.2, 0) is 6.54 Å². The van der Waals surface area contributed by atoms with E-state index in [1.54, 1.807) is 7.11 Å². The Kier molecular flexibility index (Phi) is 9.43. The Morgan fingerprint density at radius 2 is 1.92 bits per heavy atom. The lowest BCUT2D eigenvalue weighted by Crippen LogP contribution is -2.38. The minimum atomic E-state index is 0. The van der Waals surface area contributed by atoms with E-state index in [-0.39, 0.29) is 24.0 Å². The van der Waals surface area contributed by atoms with Crippen LogP contribution in [0, 0.1) is 5.92 Å². The number of aliphatic imine (C=N–C) groups is 1. The maximum Gasteiger partial charge on any atom is 0.188 e. The van der Waals surface area contributed by atoms with E-state index in [0.29, 0.717) is 17.9 Å². The highest BCUT2D eigenvalue weighted by Crippen LogP contribution is 2.20. The molecule has 136 valence electrons. The minimum Gasteiger partial charge on any atom is -0.497 e. The van der Waals surface area contributed by atoms with E-state index in [9.17, 15) is 0 Å². The highest BCUT2D eigenvalue weighted by Gasteiger charge is 2.19. The maximum atomic E-state index is 5.86. The molecule has 1 aromatic rings. The molecule has 2 rings (SSSR count). The van der Waals surface area contributed by atoms with Gasteiger partial charge in [-0.1, -0.05) is 12.1 Å². The van der Waals surface area contributed by atoms with Crippen molar-refractivity contribution in [1.82, 2.24) is 10.2 Å². The molecule has 0 saturated carbocycles. The third-order valence-electron chi connectivity index (χ3n) is 4.23.